The minimum absolute atomic E-state index is 0.0946. The van der Waals surface area contributed by atoms with E-state index in [9.17, 15) is 14.5 Å². The van der Waals surface area contributed by atoms with E-state index in [0.717, 1.165) is 24.7 Å². The summed E-state index contributed by atoms with van der Waals surface area (Å²) in [5, 5.41) is 14.1. The van der Waals surface area contributed by atoms with Crippen LogP contribution in [0.15, 0.2) is 28.8 Å². The van der Waals surface area contributed by atoms with Crippen molar-refractivity contribution in [3.63, 3.8) is 0 Å². The van der Waals surface area contributed by atoms with E-state index in [1.807, 2.05) is 6.92 Å². The number of aromatic nitrogens is 1. The third-order valence-electron chi connectivity index (χ3n) is 2.74. The lowest BCUT2D eigenvalue weighted by Gasteiger charge is -2.00. The zero-order valence-electron chi connectivity index (χ0n) is 10.9. The lowest BCUT2D eigenvalue weighted by Crippen LogP contribution is -2.16. The third kappa shape index (κ3) is 3.18. The van der Waals surface area contributed by atoms with E-state index in [1.165, 1.54) is 6.20 Å². The second-order valence-corrected chi connectivity index (χ2v) is 4.14. The summed E-state index contributed by atoms with van der Waals surface area (Å²) in [6, 6.07) is 3.24. The molecular weight excluding hydrogens is 265 g/mol. The van der Waals surface area contributed by atoms with Gasteiger partial charge in [0.25, 0.3) is 5.69 Å². The summed E-state index contributed by atoms with van der Waals surface area (Å²) in [5.74, 6) is 0.0957. The zero-order chi connectivity index (χ0) is 14.5. The van der Waals surface area contributed by atoms with Crippen molar-refractivity contribution < 1.29 is 13.7 Å². The van der Waals surface area contributed by atoms with Gasteiger partial charge in [0.1, 0.15) is 5.82 Å². The van der Waals surface area contributed by atoms with Crippen LogP contribution in [0.3, 0.4) is 0 Å². The molecule has 0 saturated heterocycles. The molecule has 7 heteroatoms. The Morgan fingerprint density at radius 1 is 1.50 bits per heavy atom. The van der Waals surface area contributed by atoms with Gasteiger partial charge in [0.15, 0.2) is 11.7 Å². The molecule has 20 heavy (non-hydrogen) atoms. The monoisotopic (exact) mass is 279 g/mol. The van der Waals surface area contributed by atoms with Gasteiger partial charge in [-0.05, 0) is 18.7 Å². The average Bonchev–Trinajstić information content (AvgIpc) is 2.87. The summed E-state index contributed by atoms with van der Waals surface area (Å²) in [7, 11) is 0. The second kappa shape index (κ2) is 6.25. The number of benzene rings is 1. The summed E-state index contributed by atoms with van der Waals surface area (Å²) < 4.78 is 18.7. The number of halogens is 1. The van der Waals surface area contributed by atoms with Crippen molar-refractivity contribution in [3.05, 3.63) is 46.2 Å². The molecule has 2 rings (SSSR count). The maximum atomic E-state index is 13.3. The van der Waals surface area contributed by atoms with Crippen LogP contribution < -0.4 is 5.32 Å². The molecule has 0 unspecified atom stereocenters. The summed E-state index contributed by atoms with van der Waals surface area (Å²) in [6.07, 6.45) is 1.94. The number of likely N-dealkylation sites (N-methyl/N-ethyl adjacent to an activating group) is 1. The van der Waals surface area contributed by atoms with Gasteiger partial charge in [-0.1, -0.05) is 6.92 Å². The van der Waals surface area contributed by atoms with Gasteiger partial charge in [0.2, 0.25) is 0 Å². The molecule has 0 aliphatic rings. The number of nitro groups is 1. The molecular formula is C13H14FN3O3. The Balaban J connectivity index is 2.27. The standard InChI is InChI=1S/C13H14FN3O3/c1-2-15-6-5-13-16-8-12(20-13)10-7-9(14)3-4-11(10)17(18)19/h3-4,7-8,15H,2,5-6H2,1H3. The van der Waals surface area contributed by atoms with Crippen molar-refractivity contribution in [2.75, 3.05) is 13.1 Å². The highest BCUT2D eigenvalue weighted by Crippen LogP contribution is 2.30. The van der Waals surface area contributed by atoms with Crippen LogP contribution >= 0.6 is 0 Å². The average molecular weight is 279 g/mol. The summed E-state index contributed by atoms with van der Waals surface area (Å²) >= 11 is 0. The molecule has 1 aromatic heterocycles. The molecule has 0 radical (unpaired) electrons. The van der Waals surface area contributed by atoms with Crippen molar-refractivity contribution in [1.82, 2.24) is 10.3 Å². The van der Waals surface area contributed by atoms with Gasteiger partial charge in [0.05, 0.1) is 16.7 Å². The number of nitrogens with one attached hydrogen (secondary N) is 1. The highest BCUT2D eigenvalue weighted by Gasteiger charge is 2.19. The first-order chi connectivity index (χ1) is 9.61. The molecule has 0 bridgehead atoms. The second-order valence-electron chi connectivity index (χ2n) is 4.14. The van der Waals surface area contributed by atoms with E-state index >= 15 is 0 Å². The Morgan fingerprint density at radius 2 is 2.30 bits per heavy atom. The molecule has 0 fully saturated rings. The molecule has 0 spiro atoms. The largest absolute Gasteiger partial charge is 0.440 e. The van der Waals surface area contributed by atoms with E-state index in [1.54, 1.807) is 0 Å². The molecule has 6 nitrogen and oxygen atoms in total. The number of nitrogens with zero attached hydrogens (tertiary/aromatic N) is 2. The molecule has 0 amide bonds. The van der Waals surface area contributed by atoms with Gasteiger partial charge in [-0.25, -0.2) is 9.37 Å². The Kier molecular flexibility index (Phi) is 4.41. The Hall–Kier alpha value is -2.28. The van der Waals surface area contributed by atoms with Crippen molar-refractivity contribution in [1.29, 1.82) is 0 Å². The van der Waals surface area contributed by atoms with Gasteiger partial charge in [0, 0.05) is 19.0 Å². The van der Waals surface area contributed by atoms with Gasteiger partial charge in [-0.2, -0.15) is 0 Å². The van der Waals surface area contributed by atoms with E-state index in [2.05, 4.69) is 10.3 Å². The van der Waals surface area contributed by atoms with Crippen LogP contribution in [0.25, 0.3) is 11.3 Å². The third-order valence-corrected chi connectivity index (χ3v) is 2.74. The lowest BCUT2D eigenvalue weighted by molar-refractivity contribution is -0.384. The molecule has 1 aromatic carbocycles. The van der Waals surface area contributed by atoms with Crippen LogP contribution in [0, 0.1) is 15.9 Å². The number of oxazole rings is 1. The van der Waals surface area contributed by atoms with E-state index in [-0.39, 0.29) is 17.0 Å². The van der Waals surface area contributed by atoms with E-state index < -0.39 is 10.7 Å². The predicted molar refractivity (Wildman–Crippen MR) is 70.8 cm³/mol. The fraction of sp³-hybridized carbons (Fsp3) is 0.308. The quantitative estimate of drug-likeness (QED) is 0.499. The number of hydrogen-bond acceptors (Lipinski definition) is 5. The Morgan fingerprint density at radius 3 is 3.00 bits per heavy atom. The number of rotatable bonds is 6. The molecule has 0 aliphatic heterocycles. The summed E-state index contributed by atoms with van der Waals surface area (Å²) in [6.45, 7) is 3.52. The topological polar surface area (TPSA) is 81.2 Å². The van der Waals surface area contributed by atoms with Crippen LogP contribution in [0.4, 0.5) is 10.1 Å². The molecule has 1 heterocycles. The highest BCUT2D eigenvalue weighted by atomic mass is 19.1. The van der Waals surface area contributed by atoms with Crippen molar-refractivity contribution in [2.24, 2.45) is 0 Å². The number of hydrogen-bond donors (Lipinski definition) is 1. The molecule has 0 saturated carbocycles. The fourth-order valence-corrected chi connectivity index (χ4v) is 1.79. The van der Waals surface area contributed by atoms with Gasteiger partial charge < -0.3 is 9.73 Å². The SMILES string of the molecule is CCNCCc1ncc(-c2cc(F)ccc2[N+](=O)[O-])o1. The fourth-order valence-electron chi connectivity index (χ4n) is 1.79. The smallest absolute Gasteiger partial charge is 0.280 e. The zero-order valence-corrected chi connectivity index (χ0v) is 10.9. The number of nitro benzene ring substituents is 1. The summed E-state index contributed by atoms with van der Waals surface area (Å²) in [4.78, 5) is 14.4. The maximum absolute atomic E-state index is 13.3. The first-order valence-electron chi connectivity index (χ1n) is 6.21. The normalized spacial score (nSPS) is 10.7. The maximum Gasteiger partial charge on any atom is 0.280 e. The van der Waals surface area contributed by atoms with Crippen molar-refractivity contribution in [2.45, 2.75) is 13.3 Å². The first-order valence-corrected chi connectivity index (χ1v) is 6.21. The highest BCUT2D eigenvalue weighted by molar-refractivity contribution is 5.68. The van der Waals surface area contributed by atoms with Crippen LogP contribution in [-0.2, 0) is 6.42 Å². The van der Waals surface area contributed by atoms with Crippen LogP contribution in [0.1, 0.15) is 12.8 Å². The van der Waals surface area contributed by atoms with Gasteiger partial charge >= 0.3 is 0 Å². The predicted octanol–water partition coefficient (Wildman–Crippen LogP) is 2.54. The molecule has 0 atom stereocenters. The van der Waals surface area contributed by atoms with E-state index in [4.69, 9.17) is 4.42 Å². The van der Waals surface area contributed by atoms with Crippen molar-refractivity contribution in [3.8, 4) is 11.3 Å². The Bertz CT molecular complexity index is 613. The Labute approximate surface area is 114 Å². The molecule has 1 N–H and O–H groups in total. The molecule has 2 aromatic rings. The van der Waals surface area contributed by atoms with Gasteiger partial charge in [-0.3, -0.25) is 10.1 Å². The molecule has 106 valence electrons. The lowest BCUT2D eigenvalue weighted by atomic mass is 10.1. The minimum atomic E-state index is -0.574. The van der Waals surface area contributed by atoms with E-state index in [0.29, 0.717) is 18.9 Å². The minimum Gasteiger partial charge on any atom is -0.440 e. The van der Waals surface area contributed by atoms with Crippen LogP contribution in [-0.4, -0.2) is 23.0 Å². The van der Waals surface area contributed by atoms with Crippen molar-refractivity contribution >= 4 is 5.69 Å². The van der Waals surface area contributed by atoms with Crippen LogP contribution in [0.5, 0.6) is 0 Å². The van der Waals surface area contributed by atoms with Crippen LogP contribution in [0.2, 0.25) is 0 Å². The summed E-state index contributed by atoms with van der Waals surface area (Å²) in [5.41, 5.74) is -0.113. The van der Waals surface area contributed by atoms with Gasteiger partial charge in [-0.15, -0.1) is 0 Å². The first kappa shape index (κ1) is 14.1. The molecule has 0 aliphatic carbocycles.